The molecule has 2 rings (SSSR count). The number of fused-ring (bicyclic) bond motifs is 1. The topological polar surface area (TPSA) is 12.9 Å². The molecule has 2 aromatic rings. The van der Waals surface area contributed by atoms with Crippen molar-refractivity contribution < 1.29 is 13.2 Å². The lowest BCUT2D eigenvalue weighted by molar-refractivity contribution is -0.140. The van der Waals surface area contributed by atoms with E-state index in [1.165, 1.54) is 6.07 Å². The molecule has 0 spiro atoms. The van der Waals surface area contributed by atoms with Crippen molar-refractivity contribution in [3.8, 4) is 0 Å². The molecule has 1 aromatic carbocycles. The molecule has 0 aliphatic carbocycles. The minimum atomic E-state index is -4.53. The molecule has 0 N–H and O–H groups in total. The van der Waals surface area contributed by atoms with E-state index in [-0.39, 0.29) is 15.6 Å². The molecule has 1 aromatic heterocycles. The van der Waals surface area contributed by atoms with Crippen LogP contribution in [0.2, 0.25) is 10.0 Å². The molecular weight excluding hydrogens is 262 g/mol. The van der Waals surface area contributed by atoms with Gasteiger partial charge in [0.15, 0.2) is 0 Å². The predicted octanol–water partition coefficient (Wildman–Crippen LogP) is 4.56. The Hall–Kier alpha value is -1.00. The number of hydrogen-bond donors (Lipinski definition) is 0. The second kappa shape index (κ2) is 3.79. The Labute approximate surface area is 98.8 Å². The lowest BCUT2D eigenvalue weighted by Crippen LogP contribution is -2.08. The molecule has 0 bridgehead atoms. The van der Waals surface area contributed by atoms with Gasteiger partial charge in [0, 0.05) is 5.39 Å². The molecule has 0 unspecified atom stereocenters. The highest BCUT2D eigenvalue weighted by Crippen LogP contribution is 2.34. The summed E-state index contributed by atoms with van der Waals surface area (Å²) in [6.07, 6.45) is -4.53. The lowest BCUT2D eigenvalue weighted by atomic mass is 10.2. The summed E-state index contributed by atoms with van der Waals surface area (Å²) < 4.78 is 37.4. The van der Waals surface area contributed by atoms with Gasteiger partial charge in [0.25, 0.3) is 0 Å². The number of rotatable bonds is 0. The third-order valence-electron chi connectivity index (χ3n) is 2.03. The summed E-state index contributed by atoms with van der Waals surface area (Å²) in [5.74, 6) is 0. The van der Waals surface area contributed by atoms with E-state index in [1.54, 1.807) is 12.1 Å². The Balaban J connectivity index is 2.81. The van der Waals surface area contributed by atoms with Crippen molar-refractivity contribution in [3.05, 3.63) is 40.0 Å². The van der Waals surface area contributed by atoms with Crippen molar-refractivity contribution in [3.63, 3.8) is 0 Å². The van der Waals surface area contributed by atoms with Crippen LogP contribution < -0.4 is 0 Å². The average molecular weight is 266 g/mol. The van der Waals surface area contributed by atoms with Crippen LogP contribution in [0.4, 0.5) is 13.2 Å². The summed E-state index contributed by atoms with van der Waals surface area (Å²) in [6, 6.07) is 5.43. The number of nitrogens with zero attached hydrogens (tertiary/aromatic N) is 1. The average Bonchev–Trinajstić information content (AvgIpc) is 2.18. The zero-order valence-corrected chi connectivity index (χ0v) is 9.16. The van der Waals surface area contributed by atoms with Crippen LogP contribution in [0.15, 0.2) is 24.3 Å². The molecule has 0 fully saturated rings. The highest BCUT2D eigenvalue weighted by atomic mass is 35.5. The summed E-state index contributed by atoms with van der Waals surface area (Å²) in [4.78, 5) is 3.47. The van der Waals surface area contributed by atoms with Crippen LogP contribution in [0.1, 0.15) is 5.69 Å². The van der Waals surface area contributed by atoms with Gasteiger partial charge in [-0.05, 0) is 12.1 Å². The highest BCUT2D eigenvalue weighted by molar-refractivity contribution is 6.39. The van der Waals surface area contributed by atoms with Gasteiger partial charge in [-0.15, -0.1) is 0 Å². The molecule has 84 valence electrons. The quantitative estimate of drug-likeness (QED) is 0.681. The van der Waals surface area contributed by atoms with E-state index in [4.69, 9.17) is 23.2 Å². The van der Waals surface area contributed by atoms with Gasteiger partial charge in [-0.3, -0.25) is 0 Å². The number of benzene rings is 1. The Morgan fingerprint density at radius 3 is 2.38 bits per heavy atom. The number of pyridine rings is 1. The number of halogens is 5. The van der Waals surface area contributed by atoms with Gasteiger partial charge in [-0.1, -0.05) is 35.3 Å². The normalized spacial score (nSPS) is 12.1. The van der Waals surface area contributed by atoms with E-state index in [0.717, 1.165) is 6.07 Å². The maximum atomic E-state index is 12.5. The monoisotopic (exact) mass is 265 g/mol. The third kappa shape index (κ3) is 1.95. The molecule has 6 heteroatoms. The van der Waals surface area contributed by atoms with Gasteiger partial charge in [-0.25, -0.2) is 4.98 Å². The van der Waals surface area contributed by atoms with E-state index in [0.29, 0.717) is 5.39 Å². The fourth-order valence-corrected chi connectivity index (χ4v) is 1.79. The second-order valence-corrected chi connectivity index (χ2v) is 3.94. The minimum absolute atomic E-state index is 0.0141. The number of hydrogen-bond acceptors (Lipinski definition) is 1. The van der Waals surface area contributed by atoms with Gasteiger partial charge in [0.05, 0.1) is 15.6 Å². The summed E-state index contributed by atoms with van der Waals surface area (Å²) in [5.41, 5.74) is -0.984. The van der Waals surface area contributed by atoms with Crippen LogP contribution in [-0.4, -0.2) is 4.98 Å². The Morgan fingerprint density at radius 1 is 1.06 bits per heavy atom. The number of alkyl halides is 3. The molecule has 0 amide bonds. The van der Waals surface area contributed by atoms with E-state index >= 15 is 0 Å². The highest BCUT2D eigenvalue weighted by Gasteiger charge is 2.33. The first-order chi connectivity index (χ1) is 7.39. The van der Waals surface area contributed by atoms with E-state index in [9.17, 15) is 13.2 Å². The Kier molecular flexibility index (Phi) is 2.72. The largest absolute Gasteiger partial charge is 0.433 e. The van der Waals surface area contributed by atoms with Crippen molar-refractivity contribution in [2.24, 2.45) is 0 Å². The fraction of sp³-hybridized carbons (Fsp3) is 0.100. The minimum Gasteiger partial charge on any atom is -0.242 e. The van der Waals surface area contributed by atoms with Crippen LogP contribution in [0.5, 0.6) is 0 Å². The standard InChI is InChI=1S/C10H4Cl2F3N/c11-6-3-1-2-5-7(12)4-8(10(13,14)15)16-9(5)6/h1-4H. The van der Waals surface area contributed by atoms with Gasteiger partial charge in [0.2, 0.25) is 0 Å². The Bertz CT molecular complexity index is 551. The van der Waals surface area contributed by atoms with Gasteiger partial charge in [-0.2, -0.15) is 13.2 Å². The lowest BCUT2D eigenvalue weighted by Gasteiger charge is -2.08. The molecule has 0 atom stereocenters. The summed E-state index contributed by atoms with van der Waals surface area (Å²) in [5, 5.41) is 0.535. The van der Waals surface area contributed by atoms with Crippen LogP contribution >= 0.6 is 23.2 Å². The summed E-state index contributed by atoms with van der Waals surface area (Å²) >= 11 is 11.5. The molecule has 0 saturated carbocycles. The maximum absolute atomic E-state index is 12.5. The zero-order chi connectivity index (χ0) is 11.9. The van der Waals surface area contributed by atoms with E-state index in [1.807, 2.05) is 0 Å². The molecule has 0 saturated heterocycles. The van der Waals surface area contributed by atoms with Gasteiger partial charge in [0.1, 0.15) is 5.69 Å². The van der Waals surface area contributed by atoms with Crippen LogP contribution in [0.3, 0.4) is 0 Å². The van der Waals surface area contributed by atoms with Crippen molar-refractivity contribution in [2.45, 2.75) is 6.18 Å². The fourth-order valence-electron chi connectivity index (χ4n) is 1.32. The Morgan fingerprint density at radius 2 is 1.75 bits per heavy atom. The molecule has 1 heterocycles. The molecule has 1 nitrogen and oxygen atoms in total. The van der Waals surface area contributed by atoms with Crippen molar-refractivity contribution >= 4 is 34.1 Å². The summed E-state index contributed by atoms with van der Waals surface area (Å²) in [7, 11) is 0. The predicted molar refractivity (Wildman–Crippen MR) is 56.8 cm³/mol. The van der Waals surface area contributed by atoms with Gasteiger partial charge < -0.3 is 0 Å². The second-order valence-electron chi connectivity index (χ2n) is 3.12. The maximum Gasteiger partial charge on any atom is 0.433 e. The van der Waals surface area contributed by atoms with Crippen LogP contribution in [0.25, 0.3) is 10.9 Å². The van der Waals surface area contributed by atoms with Crippen LogP contribution in [-0.2, 0) is 6.18 Å². The van der Waals surface area contributed by atoms with Crippen molar-refractivity contribution in [2.75, 3.05) is 0 Å². The molecule has 0 aliphatic heterocycles. The summed E-state index contributed by atoms with van der Waals surface area (Å²) in [6.45, 7) is 0. The SMILES string of the molecule is FC(F)(F)c1cc(Cl)c2cccc(Cl)c2n1. The number of para-hydroxylation sites is 1. The van der Waals surface area contributed by atoms with Crippen molar-refractivity contribution in [1.82, 2.24) is 4.98 Å². The zero-order valence-electron chi connectivity index (χ0n) is 7.65. The smallest absolute Gasteiger partial charge is 0.242 e. The number of aromatic nitrogens is 1. The molecule has 16 heavy (non-hydrogen) atoms. The first kappa shape index (κ1) is 11.5. The molecule has 0 aliphatic rings. The van der Waals surface area contributed by atoms with Crippen LogP contribution in [0, 0.1) is 0 Å². The first-order valence-electron chi connectivity index (χ1n) is 4.21. The molecular formula is C10H4Cl2F3N. The first-order valence-corrected chi connectivity index (χ1v) is 4.97. The molecule has 0 radical (unpaired) electrons. The van der Waals surface area contributed by atoms with Gasteiger partial charge >= 0.3 is 6.18 Å². The van der Waals surface area contributed by atoms with Crippen molar-refractivity contribution in [1.29, 1.82) is 0 Å². The van der Waals surface area contributed by atoms with E-state index in [2.05, 4.69) is 4.98 Å². The van der Waals surface area contributed by atoms with E-state index < -0.39 is 11.9 Å². The third-order valence-corrected chi connectivity index (χ3v) is 2.65.